The third-order valence-electron chi connectivity index (χ3n) is 6.67. The second kappa shape index (κ2) is 9.00. The molecule has 1 aliphatic rings. The lowest BCUT2D eigenvalue weighted by Gasteiger charge is -2.24. The number of benzene rings is 1. The summed E-state index contributed by atoms with van der Waals surface area (Å²) in [6, 6.07) is 7.81. The highest BCUT2D eigenvalue weighted by Crippen LogP contribution is 2.27. The van der Waals surface area contributed by atoms with E-state index in [0.717, 1.165) is 36.0 Å². The highest BCUT2D eigenvalue weighted by molar-refractivity contribution is 5.80. The SMILES string of the molecule is CC#CCn1c(N2CCC[C@H]2CN)nc2c1c(=O)n(Cc1nc(C)c3ccccc3n1)c(=O)n2C. The molecule has 0 bridgehead atoms. The summed E-state index contributed by atoms with van der Waals surface area (Å²) >= 11 is 0. The van der Waals surface area contributed by atoms with Gasteiger partial charge in [0, 0.05) is 37.3 Å². The fourth-order valence-electron chi connectivity index (χ4n) is 4.88. The van der Waals surface area contributed by atoms with Crippen molar-refractivity contribution in [2.24, 2.45) is 12.8 Å². The largest absolute Gasteiger partial charge is 0.338 e. The molecule has 2 N–H and O–H groups in total. The number of aryl methyl sites for hydroxylation is 2. The highest BCUT2D eigenvalue weighted by Gasteiger charge is 2.30. The van der Waals surface area contributed by atoms with Crippen molar-refractivity contribution in [2.75, 3.05) is 18.0 Å². The molecule has 1 saturated heterocycles. The molecule has 180 valence electrons. The van der Waals surface area contributed by atoms with Gasteiger partial charge in [0.2, 0.25) is 5.95 Å². The van der Waals surface area contributed by atoms with E-state index in [4.69, 9.17) is 10.7 Å². The predicted octanol–water partition coefficient (Wildman–Crippen LogP) is 1.15. The number of hydrogen-bond donors (Lipinski definition) is 1. The number of anilines is 1. The molecule has 0 amide bonds. The first-order valence-electron chi connectivity index (χ1n) is 11.7. The summed E-state index contributed by atoms with van der Waals surface area (Å²) in [5.41, 5.74) is 7.35. The molecule has 5 rings (SSSR count). The monoisotopic (exact) mass is 472 g/mol. The minimum atomic E-state index is -0.466. The lowest BCUT2D eigenvalue weighted by Crippen LogP contribution is -2.40. The van der Waals surface area contributed by atoms with Gasteiger partial charge in [0.15, 0.2) is 11.2 Å². The summed E-state index contributed by atoms with van der Waals surface area (Å²) < 4.78 is 4.40. The molecule has 4 aromatic rings. The van der Waals surface area contributed by atoms with Crippen molar-refractivity contribution in [3.8, 4) is 11.8 Å². The molecule has 0 radical (unpaired) electrons. The van der Waals surface area contributed by atoms with E-state index in [1.807, 2.05) is 35.8 Å². The van der Waals surface area contributed by atoms with Crippen molar-refractivity contribution < 1.29 is 0 Å². The quantitative estimate of drug-likeness (QED) is 0.433. The van der Waals surface area contributed by atoms with Gasteiger partial charge >= 0.3 is 5.69 Å². The summed E-state index contributed by atoms with van der Waals surface area (Å²) in [7, 11) is 1.63. The van der Waals surface area contributed by atoms with Crippen LogP contribution in [0.5, 0.6) is 0 Å². The van der Waals surface area contributed by atoms with Gasteiger partial charge in [0.25, 0.3) is 5.56 Å². The normalized spacial score (nSPS) is 15.7. The molecule has 0 spiro atoms. The third kappa shape index (κ3) is 3.78. The van der Waals surface area contributed by atoms with Crippen molar-refractivity contribution in [3.63, 3.8) is 0 Å². The molecule has 1 aromatic carbocycles. The number of nitrogens with two attached hydrogens (primary N) is 1. The molecule has 1 fully saturated rings. The number of aromatic nitrogens is 6. The van der Waals surface area contributed by atoms with Crippen molar-refractivity contribution >= 4 is 28.0 Å². The predicted molar refractivity (Wildman–Crippen MR) is 135 cm³/mol. The van der Waals surface area contributed by atoms with Gasteiger partial charge in [-0.25, -0.2) is 14.8 Å². The molecule has 35 heavy (non-hydrogen) atoms. The van der Waals surface area contributed by atoms with Crippen LogP contribution in [-0.4, -0.2) is 47.8 Å². The maximum Gasteiger partial charge on any atom is 0.332 e. The Morgan fingerprint density at radius 2 is 1.94 bits per heavy atom. The molecule has 0 unspecified atom stereocenters. The molecular weight excluding hydrogens is 444 g/mol. The zero-order chi connectivity index (χ0) is 24.7. The van der Waals surface area contributed by atoms with Gasteiger partial charge in [-0.2, -0.15) is 4.98 Å². The van der Waals surface area contributed by atoms with Gasteiger partial charge in [0.05, 0.1) is 18.6 Å². The second-order valence-electron chi connectivity index (χ2n) is 8.80. The van der Waals surface area contributed by atoms with Crippen LogP contribution in [0.4, 0.5) is 5.95 Å². The molecule has 0 saturated carbocycles. The van der Waals surface area contributed by atoms with E-state index in [-0.39, 0.29) is 19.1 Å². The highest BCUT2D eigenvalue weighted by atomic mass is 16.2. The van der Waals surface area contributed by atoms with Crippen LogP contribution in [0.25, 0.3) is 22.1 Å². The van der Waals surface area contributed by atoms with Crippen LogP contribution in [0.1, 0.15) is 31.3 Å². The fraction of sp³-hybridized carbons (Fsp3) is 0.400. The minimum absolute atomic E-state index is 0.0395. The Morgan fingerprint density at radius 3 is 2.71 bits per heavy atom. The molecule has 3 aromatic heterocycles. The number of hydrogen-bond acceptors (Lipinski definition) is 7. The van der Waals surface area contributed by atoms with E-state index in [1.54, 1.807) is 14.0 Å². The summed E-state index contributed by atoms with van der Waals surface area (Å²) in [6.45, 7) is 5.18. The zero-order valence-corrected chi connectivity index (χ0v) is 20.2. The van der Waals surface area contributed by atoms with E-state index in [1.165, 1.54) is 9.13 Å². The maximum absolute atomic E-state index is 13.8. The summed E-state index contributed by atoms with van der Waals surface area (Å²) in [5, 5.41) is 0.938. The van der Waals surface area contributed by atoms with Crippen molar-refractivity contribution in [2.45, 2.75) is 45.8 Å². The fourth-order valence-corrected chi connectivity index (χ4v) is 4.88. The van der Waals surface area contributed by atoms with Crippen LogP contribution in [0, 0.1) is 18.8 Å². The lowest BCUT2D eigenvalue weighted by atomic mass is 10.2. The van der Waals surface area contributed by atoms with Gasteiger partial charge < -0.3 is 10.6 Å². The van der Waals surface area contributed by atoms with Crippen LogP contribution in [0.15, 0.2) is 33.9 Å². The zero-order valence-electron chi connectivity index (χ0n) is 20.2. The Morgan fingerprint density at radius 1 is 1.14 bits per heavy atom. The van der Waals surface area contributed by atoms with Gasteiger partial charge in [-0.3, -0.25) is 18.5 Å². The molecule has 4 heterocycles. The first-order chi connectivity index (χ1) is 16.9. The van der Waals surface area contributed by atoms with Crippen LogP contribution < -0.4 is 21.9 Å². The van der Waals surface area contributed by atoms with E-state index in [2.05, 4.69) is 26.7 Å². The van der Waals surface area contributed by atoms with Crippen LogP contribution >= 0.6 is 0 Å². The third-order valence-corrected chi connectivity index (χ3v) is 6.67. The maximum atomic E-state index is 13.8. The molecule has 1 atom stereocenters. The van der Waals surface area contributed by atoms with Crippen molar-refractivity contribution in [3.05, 3.63) is 56.6 Å². The van der Waals surface area contributed by atoms with E-state index < -0.39 is 11.2 Å². The van der Waals surface area contributed by atoms with Gasteiger partial charge in [-0.05, 0) is 32.8 Å². The van der Waals surface area contributed by atoms with E-state index in [0.29, 0.717) is 29.5 Å². The number of rotatable bonds is 5. The first kappa shape index (κ1) is 22.8. The standard InChI is InChI=1S/C25H28N8O2/c1-4-5-12-32-21-22(29-24(32)31-13-8-9-17(31)14-26)30(3)25(35)33(23(21)34)15-20-27-16(2)18-10-6-7-11-19(18)28-20/h6-7,10-11,17H,8-9,12-15,26H2,1-3H3/t17-/m0/s1. The Labute approximate surface area is 202 Å². The summed E-state index contributed by atoms with van der Waals surface area (Å²) in [6.07, 6.45) is 1.95. The Hall–Kier alpha value is -3.97. The Kier molecular flexibility index (Phi) is 5.86. The molecule has 0 aliphatic carbocycles. The average Bonchev–Trinajstić information content (AvgIpc) is 3.48. The van der Waals surface area contributed by atoms with Gasteiger partial charge in [0.1, 0.15) is 5.82 Å². The number of fused-ring (bicyclic) bond motifs is 2. The smallest absolute Gasteiger partial charge is 0.332 e. The lowest BCUT2D eigenvalue weighted by molar-refractivity contribution is 0.632. The molecule has 1 aliphatic heterocycles. The molecular formula is C25H28N8O2. The Balaban J connectivity index is 1.71. The molecule has 10 nitrogen and oxygen atoms in total. The number of nitrogens with zero attached hydrogens (tertiary/aromatic N) is 7. The average molecular weight is 473 g/mol. The van der Waals surface area contributed by atoms with Crippen LogP contribution in [-0.2, 0) is 20.1 Å². The summed E-state index contributed by atoms with van der Waals surface area (Å²) in [4.78, 5) is 43.1. The Bertz CT molecular complexity index is 1620. The van der Waals surface area contributed by atoms with E-state index >= 15 is 0 Å². The summed E-state index contributed by atoms with van der Waals surface area (Å²) in [5.74, 6) is 6.98. The van der Waals surface area contributed by atoms with Crippen LogP contribution in [0.3, 0.4) is 0 Å². The van der Waals surface area contributed by atoms with E-state index in [9.17, 15) is 9.59 Å². The van der Waals surface area contributed by atoms with Gasteiger partial charge in [-0.15, -0.1) is 5.92 Å². The number of para-hydroxylation sites is 1. The minimum Gasteiger partial charge on any atom is -0.338 e. The first-order valence-corrected chi connectivity index (χ1v) is 11.7. The van der Waals surface area contributed by atoms with Gasteiger partial charge in [-0.1, -0.05) is 24.1 Å². The number of imidazole rings is 1. The topological polar surface area (TPSA) is 117 Å². The van der Waals surface area contributed by atoms with Crippen LogP contribution in [0.2, 0.25) is 0 Å². The van der Waals surface area contributed by atoms with Crippen molar-refractivity contribution in [1.29, 1.82) is 0 Å². The van der Waals surface area contributed by atoms with Crippen molar-refractivity contribution in [1.82, 2.24) is 28.7 Å². The second-order valence-corrected chi connectivity index (χ2v) is 8.80. The molecule has 10 heteroatoms.